The molecule has 1 heterocycles. The van der Waals surface area contributed by atoms with Crippen LogP contribution in [0.15, 0.2) is 4.99 Å². The van der Waals surface area contributed by atoms with Gasteiger partial charge in [0, 0.05) is 6.04 Å². The molecule has 0 atom stereocenters. The Morgan fingerprint density at radius 1 is 1.38 bits per heavy atom. The molecular weight excluding hydrogens is 202 g/mol. The molecule has 2 aliphatic rings. The second-order valence-corrected chi connectivity index (χ2v) is 5.69. The molecule has 0 unspecified atom stereocenters. The fraction of sp³-hybridized carbons (Fsp3) is 0.833. The zero-order valence-electron chi connectivity index (χ0n) is 10.5. The van der Waals surface area contributed by atoms with Crippen LogP contribution in [0.1, 0.15) is 40.5 Å². The van der Waals surface area contributed by atoms with Gasteiger partial charge in [0.15, 0.2) is 0 Å². The highest BCUT2D eigenvalue weighted by Crippen LogP contribution is 2.49. The third kappa shape index (κ3) is 1.35. The van der Waals surface area contributed by atoms with Crippen LogP contribution in [0, 0.1) is 11.8 Å². The van der Waals surface area contributed by atoms with E-state index in [1.807, 2.05) is 18.7 Å². The Hall–Kier alpha value is -1.06. The maximum atomic E-state index is 11.8. The van der Waals surface area contributed by atoms with Crippen LogP contribution in [0.5, 0.6) is 0 Å². The van der Waals surface area contributed by atoms with Gasteiger partial charge in [-0.2, -0.15) is 4.99 Å². The van der Waals surface area contributed by atoms with E-state index in [1.165, 1.54) is 0 Å². The summed E-state index contributed by atoms with van der Waals surface area (Å²) in [6, 6.07) is 0.0140. The summed E-state index contributed by atoms with van der Waals surface area (Å²) in [6.45, 7) is 8.50. The molecule has 0 bridgehead atoms. The van der Waals surface area contributed by atoms with Crippen LogP contribution in [0.3, 0.4) is 0 Å². The van der Waals surface area contributed by atoms with Gasteiger partial charge in [-0.25, -0.2) is 4.79 Å². The predicted molar refractivity (Wildman–Crippen MR) is 64.3 cm³/mol. The van der Waals surface area contributed by atoms with Gasteiger partial charge in [0.25, 0.3) is 0 Å². The average Bonchev–Trinajstić information content (AvgIpc) is 2.33. The summed E-state index contributed by atoms with van der Waals surface area (Å²) >= 11 is 0. The van der Waals surface area contributed by atoms with Crippen LogP contribution in [0.25, 0.3) is 0 Å². The molecule has 1 spiro atoms. The average molecular weight is 223 g/mol. The summed E-state index contributed by atoms with van der Waals surface area (Å²) < 4.78 is 0. The fourth-order valence-electron chi connectivity index (χ4n) is 2.97. The lowest BCUT2D eigenvalue weighted by atomic mass is 9.62. The summed E-state index contributed by atoms with van der Waals surface area (Å²) in [4.78, 5) is 17.6. The van der Waals surface area contributed by atoms with E-state index in [9.17, 15) is 4.79 Å². The molecule has 1 fully saturated rings. The van der Waals surface area contributed by atoms with Gasteiger partial charge in [-0.05, 0) is 38.5 Å². The highest BCUT2D eigenvalue weighted by Gasteiger charge is 2.57. The van der Waals surface area contributed by atoms with Crippen molar-refractivity contribution >= 4 is 11.9 Å². The molecule has 0 radical (unpaired) electrons. The van der Waals surface area contributed by atoms with E-state index in [-0.39, 0.29) is 17.6 Å². The summed E-state index contributed by atoms with van der Waals surface area (Å²) in [5, 5.41) is 0. The van der Waals surface area contributed by atoms with Crippen LogP contribution in [0.4, 0.5) is 4.79 Å². The smallest absolute Gasteiger partial charge is 0.346 e. The Morgan fingerprint density at radius 2 is 1.94 bits per heavy atom. The molecule has 16 heavy (non-hydrogen) atoms. The molecule has 2 amide bonds. The summed E-state index contributed by atoms with van der Waals surface area (Å²) in [5.41, 5.74) is 5.69. The molecule has 1 aliphatic heterocycles. The number of urea groups is 1. The first-order chi connectivity index (χ1) is 7.38. The van der Waals surface area contributed by atoms with Crippen molar-refractivity contribution < 1.29 is 4.79 Å². The van der Waals surface area contributed by atoms with Crippen molar-refractivity contribution in [2.75, 3.05) is 0 Å². The van der Waals surface area contributed by atoms with Gasteiger partial charge >= 0.3 is 6.03 Å². The van der Waals surface area contributed by atoms with Crippen LogP contribution in [0.2, 0.25) is 0 Å². The molecule has 2 N–H and O–H groups in total. The molecule has 0 saturated heterocycles. The number of amides is 2. The van der Waals surface area contributed by atoms with Crippen LogP contribution < -0.4 is 5.73 Å². The number of nitrogens with zero attached hydrogens (tertiary/aromatic N) is 2. The number of carbonyl (C=O) groups is 1. The quantitative estimate of drug-likeness (QED) is 0.778. The maximum Gasteiger partial charge on any atom is 0.346 e. The largest absolute Gasteiger partial charge is 0.385 e. The number of aliphatic imine (C=N–C) groups is 1. The van der Waals surface area contributed by atoms with Gasteiger partial charge in [0.1, 0.15) is 11.4 Å². The molecule has 0 aromatic carbocycles. The lowest BCUT2D eigenvalue weighted by Crippen LogP contribution is -2.64. The minimum absolute atomic E-state index is 0.158. The zero-order chi connectivity index (χ0) is 12.1. The van der Waals surface area contributed by atoms with Crippen molar-refractivity contribution in [3.05, 3.63) is 0 Å². The normalized spacial score (nSPS) is 33.9. The minimum atomic E-state index is -0.250. The van der Waals surface area contributed by atoms with Crippen molar-refractivity contribution in [1.82, 2.24) is 4.90 Å². The number of amidine groups is 1. The second-order valence-electron chi connectivity index (χ2n) is 5.69. The first kappa shape index (κ1) is 11.4. The lowest BCUT2D eigenvalue weighted by molar-refractivity contribution is 0.0294. The van der Waals surface area contributed by atoms with Gasteiger partial charge in [-0.3, -0.25) is 0 Å². The lowest BCUT2D eigenvalue weighted by Gasteiger charge is -2.52. The van der Waals surface area contributed by atoms with Gasteiger partial charge in [0.05, 0.1) is 0 Å². The molecule has 0 aromatic rings. The van der Waals surface area contributed by atoms with Crippen molar-refractivity contribution in [1.29, 1.82) is 0 Å². The topological polar surface area (TPSA) is 58.7 Å². The van der Waals surface area contributed by atoms with Gasteiger partial charge in [-0.1, -0.05) is 13.8 Å². The van der Waals surface area contributed by atoms with E-state index in [0.717, 1.165) is 12.8 Å². The first-order valence-electron chi connectivity index (χ1n) is 6.06. The fourth-order valence-corrected chi connectivity index (χ4v) is 2.97. The van der Waals surface area contributed by atoms with Crippen molar-refractivity contribution in [2.45, 2.75) is 52.1 Å². The Morgan fingerprint density at radius 3 is 2.38 bits per heavy atom. The van der Waals surface area contributed by atoms with Crippen LogP contribution in [-0.4, -0.2) is 28.3 Å². The number of carbonyl (C=O) groups excluding carboxylic acids is 1. The Kier molecular flexibility index (Phi) is 2.48. The standard InChI is InChI=1S/C12H21N3O/c1-7(2)9-5-12(6-9)10(13)14-11(16)15(12)8(3)4/h7-9H,5-6H2,1-4H3,(H2,13,14,16). The number of rotatable bonds is 2. The Balaban J connectivity index is 2.21. The third-order valence-corrected chi connectivity index (χ3v) is 4.02. The van der Waals surface area contributed by atoms with E-state index in [0.29, 0.717) is 17.7 Å². The molecule has 1 saturated carbocycles. The number of hydrogen-bond donors (Lipinski definition) is 1. The SMILES string of the molecule is CC(C)C1CC2(C1)C(N)=NC(=O)N2C(C)C. The monoisotopic (exact) mass is 223 g/mol. The first-order valence-corrected chi connectivity index (χ1v) is 6.06. The molecular formula is C12H21N3O. The van der Waals surface area contributed by atoms with E-state index >= 15 is 0 Å². The summed E-state index contributed by atoms with van der Waals surface area (Å²) in [5.74, 6) is 1.85. The zero-order valence-corrected chi connectivity index (χ0v) is 10.5. The molecule has 2 rings (SSSR count). The molecule has 90 valence electrons. The second kappa shape index (κ2) is 3.47. The highest BCUT2D eigenvalue weighted by atomic mass is 16.2. The maximum absolute atomic E-state index is 11.8. The van der Waals surface area contributed by atoms with Crippen LogP contribution >= 0.6 is 0 Å². The van der Waals surface area contributed by atoms with Gasteiger partial charge in [0.2, 0.25) is 0 Å². The molecule has 4 nitrogen and oxygen atoms in total. The van der Waals surface area contributed by atoms with Crippen molar-refractivity contribution in [3.63, 3.8) is 0 Å². The number of nitrogens with two attached hydrogens (primary N) is 1. The highest BCUT2D eigenvalue weighted by molar-refractivity contribution is 6.06. The third-order valence-electron chi connectivity index (χ3n) is 4.02. The van der Waals surface area contributed by atoms with Crippen LogP contribution in [-0.2, 0) is 0 Å². The molecule has 1 aliphatic carbocycles. The number of hydrogen-bond acceptors (Lipinski definition) is 2. The molecule has 0 aromatic heterocycles. The summed E-state index contributed by atoms with van der Waals surface area (Å²) in [7, 11) is 0. The summed E-state index contributed by atoms with van der Waals surface area (Å²) in [6.07, 6.45) is 1.95. The molecule has 4 heteroatoms. The van der Waals surface area contributed by atoms with Gasteiger partial charge in [-0.15, -0.1) is 0 Å². The van der Waals surface area contributed by atoms with E-state index in [2.05, 4.69) is 18.8 Å². The van der Waals surface area contributed by atoms with E-state index in [1.54, 1.807) is 0 Å². The minimum Gasteiger partial charge on any atom is -0.385 e. The van der Waals surface area contributed by atoms with Crippen molar-refractivity contribution in [3.8, 4) is 0 Å². The van der Waals surface area contributed by atoms with Crippen molar-refractivity contribution in [2.24, 2.45) is 22.6 Å². The Labute approximate surface area is 96.9 Å². The van der Waals surface area contributed by atoms with Gasteiger partial charge < -0.3 is 10.6 Å². The predicted octanol–water partition coefficient (Wildman–Crippen LogP) is 1.99. The van der Waals surface area contributed by atoms with E-state index in [4.69, 9.17) is 5.73 Å². The van der Waals surface area contributed by atoms with E-state index < -0.39 is 0 Å². The Bertz CT molecular complexity index is 340.